The molecule has 0 bridgehead atoms. The zero-order chi connectivity index (χ0) is 14.0. The molecule has 0 N–H and O–H groups in total. The van der Waals surface area contributed by atoms with Gasteiger partial charge in [0, 0.05) is 12.6 Å². The summed E-state index contributed by atoms with van der Waals surface area (Å²) in [5, 5.41) is 0. The van der Waals surface area contributed by atoms with Crippen LogP contribution in [0.3, 0.4) is 0 Å². The third-order valence-electron chi connectivity index (χ3n) is 3.38. The largest absolute Gasteiger partial charge is 0.336 e. The molecule has 0 aromatic heterocycles. The Bertz CT molecular complexity index is 471. The SMILES string of the molecule is CC(C)CCN(C(=O)c1cccc(Br)c1F)C1CC1. The predicted octanol–water partition coefficient (Wildman–Crippen LogP) is 4.24. The molecule has 4 heteroatoms. The number of carbonyl (C=O) groups is 1. The quantitative estimate of drug-likeness (QED) is 0.792. The number of halogens is 2. The standard InChI is InChI=1S/C15H19BrFNO/c1-10(2)8-9-18(11-6-7-11)15(19)12-4-3-5-13(16)14(12)17/h3-5,10-11H,6-9H2,1-2H3. The van der Waals surface area contributed by atoms with Crippen LogP contribution in [0.25, 0.3) is 0 Å². The van der Waals surface area contributed by atoms with Gasteiger partial charge in [-0.05, 0) is 53.2 Å². The van der Waals surface area contributed by atoms with Crippen LogP contribution in [0.4, 0.5) is 4.39 Å². The van der Waals surface area contributed by atoms with Gasteiger partial charge in [-0.1, -0.05) is 19.9 Å². The van der Waals surface area contributed by atoms with Crippen LogP contribution in [-0.2, 0) is 0 Å². The number of amides is 1. The second-order valence-electron chi connectivity index (χ2n) is 5.51. The molecule has 1 amide bonds. The Labute approximate surface area is 122 Å². The zero-order valence-corrected chi connectivity index (χ0v) is 12.9. The molecule has 0 radical (unpaired) electrons. The van der Waals surface area contributed by atoms with E-state index in [4.69, 9.17) is 0 Å². The van der Waals surface area contributed by atoms with E-state index in [0.717, 1.165) is 19.3 Å². The van der Waals surface area contributed by atoms with E-state index in [2.05, 4.69) is 29.8 Å². The summed E-state index contributed by atoms with van der Waals surface area (Å²) in [6.07, 6.45) is 3.04. The molecule has 19 heavy (non-hydrogen) atoms. The highest BCUT2D eigenvalue weighted by Gasteiger charge is 2.33. The van der Waals surface area contributed by atoms with E-state index < -0.39 is 5.82 Å². The molecule has 0 heterocycles. The molecule has 0 atom stereocenters. The second-order valence-corrected chi connectivity index (χ2v) is 6.37. The van der Waals surface area contributed by atoms with Gasteiger partial charge in [0.15, 0.2) is 0 Å². The van der Waals surface area contributed by atoms with Crippen molar-refractivity contribution in [3.05, 3.63) is 34.1 Å². The minimum Gasteiger partial charge on any atom is -0.336 e. The molecule has 1 aliphatic carbocycles. The summed E-state index contributed by atoms with van der Waals surface area (Å²) in [5.41, 5.74) is 0.171. The van der Waals surface area contributed by atoms with Gasteiger partial charge >= 0.3 is 0 Å². The molecule has 1 aromatic rings. The third kappa shape index (κ3) is 3.56. The highest BCUT2D eigenvalue weighted by atomic mass is 79.9. The van der Waals surface area contributed by atoms with Crippen molar-refractivity contribution < 1.29 is 9.18 Å². The van der Waals surface area contributed by atoms with Crippen molar-refractivity contribution in [2.45, 2.75) is 39.2 Å². The van der Waals surface area contributed by atoms with Crippen LogP contribution in [0.1, 0.15) is 43.5 Å². The van der Waals surface area contributed by atoms with E-state index in [9.17, 15) is 9.18 Å². The zero-order valence-electron chi connectivity index (χ0n) is 11.3. The number of nitrogens with zero attached hydrogens (tertiary/aromatic N) is 1. The molecule has 0 unspecified atom stereocenters. The number of benzene rings is 1. The summed E-state index contributed by atoms with van der Waals surface area (Å²) in [6, 6.07) is 5.19. The smallest absolute Gasteiger partial charge is 0.257 e. The maximum absolute atomic E-state index is 14.0. The van der Waals surface area contributed by atoms with Crippen LogP contribution in [-0.4, -0.2) is 23.4 Å². The molecule has 104 valence electrons. The first-order chi connectivity index (χ1) is 9.00. The molecular formula is C15H19BrFNO. The molecule has 0 saturated heterocycles. The van der Waals surface area contributed by atoms with Crippen molar-refractivity contribution in [3.8, 4) is 0 Å². The first-order valence-corrected chi connectivity index (χ1v) is 7.55. The van der Waals surface area contributed by atoms with E-state index in [1.54, 1.807) is 18.2 Å². The van der Waals surface area contributed by atoms with Crippen LogP contribution in [0.5, 0.6) is 0 Å². The number of hydrogen-bond donors (Lipinski definition) is 0. The van der Waals surface area contributed by atoms with Crippen LogP contribution >= 0.6 is 15.9 Å². The molecule has 0 aliphatic heterocycles. The first-order valence-electron chi connectivity index (χ1n) is 6.75. The Morgan fingerprint density at radius 2 is 2.16 bits per heavy atom. The van der Waals surface area contributed by atoms with Crippen molar-refractivity contribution in [1.82, 2.24) is 4.90 Å². The fraction of sp³-hybridized carbons (Fsp3) is 0.533. The van der Waals surface area contributed by atoms with Gasteiger partial charge in [0.25, 0.3) is 5.91 Å². The average Bonchev–Trinajstić information content (AvgIpc) is 3.17. The van der Waals surface area contributed by atoms with E-state index in [1.807, 2.05) is 4.90 Å². The lowest BCUT2D eigenvalue weighted by molar-refractivity contribution is 0.0730. The number of carbonyl (C=O) groups excluding carboxylic acids is 1. The van der Waals surface area contributed by atoms with Gasteiger partial charge < -0.3 is 4.90 Å². The van der Waals surface area contributed by atoms with E-state index in [0.29, 0.717) is 23.0 Å². The highest BCUT2D eigenvalue weighted by Crippen LogP contribution is 2.30. The fourth-order valence-electron chi connectivity index (χ4n) is 2.06. The van der Waals surface area contributed by atoms with Crippen molar-refractivity contribution in [2.24, 2.45) is 5.92 Å². The molecule has 1 saturated carbocycles. The molecule has 2 rings (SSSR count). The average molecular weight is 328 g/mol. The van der Waals surface area contributed by atoms with Crippen LogP contribution in [0.15, 0.2) is 22.7 Å². The minimum atomic E-state index is -0.456. The van der Waals surface area contributed by atoms with E-state index in [-0.39, 0.29) is 11.5 Å². The van der Waals surface area contributed by atoms with Gasteiger partial charge in [0.1, 0.15) is 5.82 Å². The van der Waals surface area contributed by atoms with E-state index >= 15 is 0 Å². The summed E-state index contributed by atoms with van der Waals surface area (Å²) in [5.74, 6) is -0.0916. The Morgan fingerprint density at radius 3 is 2.74 bits per heavy atom. The first kappa shape index (κ1) is 14.5. The van der Waals surface area contributed by atoms with Crippen LogP contribution in [0.2, 0.25) is 0 Å². The lowest BCUT2D eigenvalue weighted by Gasteiger charge is -2.23. The Kier molecular flexibility index (Phi) is 4.61. The Hall–Kier alpha value is -0.900. The fourth-order valence-corrected chi connectivity index (χ4v) is 2.42. The topological polar surface area (TPSA) is 20.3 Å². The van der Waals surface area contributed by atoms with Crippen LogP contribution < -0.4 is 0 Å². The molecular weight excluding hydrogens is 309 g/mol. The summed E-state index contributed by atoms with van der Waals surface area (Å²) >= 11 is 3.13. The highest BCUT2D eigenvalue weighted by molar-refractivity contribution is 9.10. The van der Waals surface area contributed by atoms with Crippen molar-refractivity contribution >= 4 is 21.8 Å². The maximum Gasteiger partial charge on any atom is 0.257 e. The summed E-state index contributed by atoms with van der Waals surface area (Å²) < 4.78 is 14.3. The van der Waals surface area contributed by atoms with Gasteiger partial charge in [0.05, 0.1) is 10.0 Å². The molecule has 0 spiro atoms. The maximum atomic E-state index is 14.0. The molecule has 1 fully saturated rings. The molecule has 1 aromatic carbocycles. The van der Waals surface area contributed by atoms with Gasteiger partial charge in [-0.15, -0.1) is 0 Å². The summed E-state index contributed by atoms with van der Waals surface area (Å²) in [4.78, 5) is 14.3. The lowest BCUT2D eigenvalue weighted by atomic mass is 10.1. The summed E-state index contributed by atoms with van der Waals surface area (Å²) in [6.45, 7) is 4.98. The third-order valence-corrected chi connectivity index (χ3v) is 3.99. The lowest BCUT2D eigenvalue weighted by Crippen LogP contribution is -2.35. The minimum absolute atomic E-state index is 0.171. The van der Waals surface area contributed by atoms with E-state index in [1.165, 1.54) is 0 Å². The normalized spacial score (nSPS) is 14.8. The van der Waals surface area contributed by atoms with Crippen molar-refractivity contribution in [2.75, 3.05) is 6.54 Å². The van der Waals surface area contributed by atoms with Crippen molar-refractivity contribution in [3.63, 3.8) is 0 Å². The monoisotopic (exact) mass is 327 g/mol. The van der Waals surface area contributed by atoms with Gasteiger partial charge in [-0.2, -0.15) is 0 Å². The number of hydrogen-bond acceptors (Lipinski definition) is 1. The van der Waals surface area contributed by atoms with Crippen LogP contribution in [0, 0.1) is 11.7 Å². The predicted molar refractivity (Wildman–Crippen MR) is 77.6 cm³/mol. The Balaban J connectivity index is 2.17. The second kappa shape index (κ2) is 6.04. The number of rotatable bonds is 5. The van der Waals surface area contributed by atoms with Gasteiger partial charge in [-0.3, -0.25) is 4.79 Å². The molecule has 2 nitrogen and oxygen atoms in total. The van der Waals surface area contributed by atoms with Gasteiger partial charge in [0.2, 0.25) is 0 Å². The summed E-state index contributed by atoms with van der Waals surface area (Å²) in [7, 11) is 0. The van der Waals surface area contributed by atoms with Crippen molar-refractivity contribution in [1.29, 1.82) is 0 Å². The van der Waals surface area contributed by atoms with Gasteiger partial charge in [-0.25, -0.2) is 4.39 Å². The Morgan fingerprint density at radius 1 is 1.47 bits per heavy atom. The molecule has 1 aliphatic rings.